The Morgan fingerprint density at radius 3 is 2.73 bits per heavy atom. The highest BCUT2D eigenvalue weighted by molar-refractivity contribution is 7.19. The average Bonchev–Trinajstić information content (AvgIpc) is 2.56. The van der Waals surface area contributed by atoms with Crippen molar-refractivity contribution in [1.29, 1.82) is 0 Å². The van der Waals surface area contributed by atoms with E-state index in [2.05, 4.69) is 38.1 Å². The molecule has 0 nitrogen and oxygen atoms in total. The van der Waals surface area contributed by atoms with Crippen molar-refractivity contribution < 1.29 is 0 Å². The van der Waals surface area contributed by atoms with Crippen molar-refractivity contribution in [3.05, 3.63) is 34.7 Å². The average molecular weight is 218 g/mol. The summed E-state index contributed by atoms with van der Waals surface area (Å²) < 4.78 is 1.45. The first-order valence-electron chi connectivity index (χ1n) is 5.80. The maximum atomic E-state index is 2.26. The lowest BCUT2D eigenvalue weighted by Gasteiger charge is -2.00. The van der Waals surface area contributed by atoms with Crippen molar-refractivity contribution >= 4 is 21.4 Å². The molecule has 1 heterocycles. The van der Waals surface area contributed by atoms with Gasteiger partial charge in [-0.15, -0.1) is 11.3 Å². The molecule has 0 aliphatic heterocycles. The maximum absolute atomic E-state index is 2.26. The fourth-order valence-corrected chi connectivity index (χ4v) is 3.20. The fraction of sp³-hybridized carbons (Fsp3) is 0.429. The highest BCUT2D eigenvalue weighted by Gasteiger charge is 2.07. The minimum absolute atomic E-state index is 1.25. The van der Waals surface area contributed by atoms with E-state index in [-0.39, 0.29) is 0 Å². The summed E-state index contributed by atoms with van der Waals surface area (Å²) in [4.78, 5) is 1.51. The Kier molecular flexibility index (Phi) is 3.42. The van der Waals surface area contributed by atoms with Gasteiger partial charge in [0, 0.05) is 9.58 Å². The molecule has 0 aliphatic rings. The second kappa shape index (κ2) is 4.80. The Balaban J connectivity index is 2.28. The molecular weight excluding hydrogens is 200 g/mol. The minimum Gasteiger partial charge on any atom is -0.140 e. The molecule has 2 aromatic rings. The smallest absolute Gasteiger partial charge is 0.0348 e. The molecule has 0 atom stereocenters. The minimum atomic E-state index is 1.25. The van der Waals surface area contributed by atoms with Crippen molar-refractivity contribution in [3.63, 3.8) is 0 Å². The Labute approximate surface area is 95.9 Å². The summed E-state index contributed by atoms with van der Waals surface area (Å²) in [5.74, 6) is 0. The van der Waals surface area contributed by atoms with Gasteiger partial charge in [-0.1, -0.05) is 38.0 Å². The van der Waals surface area contributed by atoms with Gasteiger partial charge in [-0.2, -0.15) is 0 Å². The number of unbranched alkanes of at least 4 members (excludes halogenated alkanes) is 2. The highest BCUT2D eigenvalue weighted by Crippen LogP contribution is 2.31. The quantitative estimate of drug-likeness (QED) is 0.637. The summed E-state index contributed by atoms with van der Waals surface area (Å²) in [5, 5.41) is 1.48. The molecule has 0 fully saturated rings. The van der Waals surface area contributed by atoms with Crippen molar-refractivity contribution in [2.24, 2.45) is 0 Å². The largest absolute Gasteiger partial charge is 0.140 e. The second-order valence-corrected chi connectivity index (χ2v) is 5.35. The van der Waals surface area contributed by atoms with E-state index < -0.39 is 0 Å². The van der Waals surface area contributed by atoms with E-state index in [0.29, 0.717) is 0 Å². The predicted octanol–water partition coefficient (Wildman–Crippen LogP) is 4.94. The number of benzene rings is 1. The Morgan fingerprint density at radius 1 is 1.13 bits per heavy atom. The second-order valence-electron chi connectivity index (χ2n) is 4.09. The summed E-state index contributed by atoms with van der Waals surface area (Å²) in [7, 11) is 0. The van der Waals surface area contributed by atoms with Crippen molar-refractivity contribution in [2.75, 3.05) is 0 Å². The van der Waals surface area contributed by atoms with E-state index in [9.17, 15) is 0 Å². The monoisotopic (exact) mass is 218 g/mol. The van der Waals surface area contributed by atoms with E-state index in [1.165, 1.54) is 40.6 Å². The molecular formula is C14H18S. The summed E-state index contributed by atoms with van der Waals surface area (Å²) in [6, 6.07) is 8.78. The number of hydrogen-bond donors (Lipinski definition) is 0. The van der Waals surface area contributed by atoms with Gasteiger partial charge >= 0.3 is 0 Å². The molecule has 0 saturated heterocycles. The Bertz CT molecular complexity index is 440. The topological polar surface area (TPSA) is 0 Å². The lowest BCUT2D eigenvalue weighted by Crippen LogP contribution is -1.85. The van der Waals surface area contributed by atoms with Crippen LogP contribution in [0.5, 0.6) is 0 Å². The molecule has 0 radical (unpaired) electrons. The van der Waals surface area contributed by atoms with Gasteiger partial charge in [0.05, 0.1) is 0 Å². The first-order chi connectivity index (χ1) is 7.33. The first-order valence-corrected chi connectivity index (χ1v) is 6.61. The van der Waals surface area contributed by atoms with Gasteiger partial charge in [0.25, 0.3) is 0 Å². The summed E-state index contributed by atoms with van der Waals surface area (Å²) in [5.41, 5.74) is 1.59. The van der Waals surface area contributed by atoms with Gasteiger partial charge in [-0.3, -0.25) is 0 Å². The van der Waals surface area contributed by atoms with Gasteiger partial charge in [-0.05, 0) is 36.8 Å². The third kappa shape index (κ3) is 2.23. The van der Waals surface area contributed by atoms with Gasteiger partial charge in [-0.25, -0.2) is 0 Å². The molecule has 0 saturated carbocycles. The Morgan fingerprint density at radius 2 is 1.93 bits per heavy atom. The van der Waals surface area contributed by atoms with Crippen molar-refractivity contribution in [1.82, 2.24) is 0 Å². The molecule has 1 aromatic heterocycles. The third-order valence-electron chi connectivity index (χ3n) is 2.93. The molecule has 1 heteroatoms. The van der Waals surface area contributed by atoms with E-state index in [0.717, 1.165) is 0 Å². The third-order valence-corrected chi connectivity index (χ3v) is 4.06. The van der Waals surface area contributed by atoms with Gasteiger partial charge in [0.15, 0.2) is 0 Å². The zero-order valence-electron chi connectivity index (χ0n) is 9.55. The molecule has 0 spiro atoms. The molecule has 0 unspecified atom stereocenters. The molecule has 0 N–H and O–H groups in total. The van der Waals surface area contributed by atoms with E-state index in [1.54, 1.807) is 5.56 Å². The van der Waals surface area contributed by atoms with Gasteiger partial charge in [0.2, 0.25) is 0 Å². The van der Waals surface area contributed by atoms with Crippen LogP contribution in [0.2, 0.25) is 0 Å². The van der Waals surface area contributed by atoms with E-state index in [4.69, 9.17) is 0 Å². The van der Waals surface area contributed by atoms with Crippen molar-refractivity contribution in [2.45, 2.75) is 39.5 Å². The van der Waals surface area contributed by atoms with Crippen molar-refractivity contribution in [3.8, 4) is 0 Å². The van der Waals surface area contributed by atoms with Gasteiger partial charge in [0.1, 0.15) is 0 Å². The van der Waals surface area contributed by atoms with E-state index >= 15 is 0 Å². The standard InChI is InChI=1S/C14H18S/c1-3-4-5-8-12-11(2)15-14-10-7-6-9-13(12)14/h6-7,9-10H,3-5,8H2,1-2H3. The maximum Gasteiger partial charge on any atom is 0.0348 e. The van der Waals surface area contributed by atoms with Crippen LogP contribution in [0.25, 0.3) is 10.1 Å². The number of thiophene rings is 1. The van der Waals surface area contributed by atoms with Crippen LogP contribution in [-0.2, 0) is 6.42 Å². The van der Waals surface area contributed by atoms with Crippen LogP contribution in [0.4, 0.5) is 0 Å². The summed E-state index contributed by atoms with van der Waals surface area (Å²) in [6.45, 7) is 4.52. The first kappa shape index (κ1) is 10.7. The number of rotatable bonds is 4. The number of hydrogen-bond acceptors (Lipinski definition) is 1. The number of aryl methyl sites for hydroxylation is 2. The van der Waals surface area contributed by atoms with E-state index in [1.807, 2.05) is 11.3 Å². The molecule has 2 rings (SSSR count). The normalized spacial score (nSPS) is 11.1. The predicted molar refractivity (Wildman–Crippen MR) is 69.8 cm³/mol. The van der Waals surface area contributed by atoms with Crippen LogP contribution in [0.15, 0.2) is 24.3 Å². The zero-order chi connectivity index (χ0) is 10.7. The fourth-order valence-electron chi connectivity index (χ4n) is 2.08. The molecule has 80 valence electrons. The molecule has 0 amide bonds. The summed E-state index contributed by atoms with van der Waals surface area (Å²) >= 11 is 1.94. The van der Waals surface area contributed by atoms with Gasteiger partial charge < -0.3 is 0 Å². The summed E-state index contributed by atoms with van der Waals surface area (Å²) in [6.07, 6.45) is 5.24. The SMILES string of the molecule is CCCCCc1c(C)sc2ccccc12. The van der Waals surface area contributed by atoms with Crippen LogP contribution < -0.4 is 0 Å². The van der Waals surface area contributed by atoms with Crippen LogP contribution in [-0.4, -0.2) is 0 Å². The van der Waals surface area contributed by atoms with Crippen LogP contribution >= 0.6 is 11.3 Å². The lowest BCUT2D eigenvalue weighted by molar-refractivity contribution is 0.719. The molecule has 1 aromatic carbocycles. The Hall–Kier alpha value is -0.820. The molecule has 0 aliphatic carbocycles. The highest BCUT2D eigenvalue weighted by atomic mass is 32.1. The molecule has 15 heavy (non-hydrogen) atoms. The number of fused-ring (bicyclic) bond motifs is 1. The van der Waals surface area contributed by atoms with Crippen LogP contribution in [0, 0.1) is 6.92 Å². The molecule has 0 bridgehead atoms. The van der Waals surface area contributed by atoms with Crippen LogP contribution in [0.1, 0.15) is 36.6 Å². The van der Waals surface area contributed by atoms with Crippen LogP contribution in [0.3, 0.4) is 0 Å². The zero-order valence-corrected chi connectivity index (χ0v) is 10.4. The lowest BCUT2D eigenvalue weighted by atomic mass is 10.0.